The fourth-order valence-electron chi connectivity index (χ4n) is 3.22. The van der Waals surface area contributed by atoms with Gasteiger partial charge in [0.25, 0.3) is 0 Å². The summed E-state index contributed by atoms with van der Waals surface area (Å²) < 4.78 is 62.9. The van der Waals surface area contributed by atoms with Crippen molar-refractivity contribution >= 4 is 46.1 Å². The first-order valence-electron chi connectivity index (χ1n) is 12.0. The maximum Gasteiger partial charge on any atom is 0.453 e. The van der Waals surface area contributed by atoms with Gasteiger partial charge in [-0.2, -0.15) is 45.5 Å². The molecule has 0 N–H and O–H groups in total. The molecule has 0 spiro atoms. The molecule has 0 radical (unpaired) electrons. The van der Waals surface area contributed by atoms with Crippen molar-refractivity contribution < 1.29 is 22.0 Å². The van der Waals surface area contributed by atoms with E-state index >= 15 is 0 Å². The van der Waals surface area contributed by atoms with E-state index < -0.39 is 18.5 Å². The molecule has 188 valence electrons. The summed E-state index contributed by atoms with van der Waals surface area (Å²) in [5.41, 5.74) is 0. The van der Waals surface area contributed by atoms with Gasteiger partial charge in [-0.05, 0) is 59.5 Å². The topological polar surface area (TPSA) is 0 Å². The van der Waals surface area contributed by atoms with Crippen molar-refractivity contribution in [2.24, 2.45) is 0 Å². The van der Waals surface area contributed by atoms with E-state index in [1.165, 1.54) is 105 Å². The van der Waals surface area contributed by atoms with E-state index in [4.69, 9.17) is 0 Å². The van der Waals surface area contributed by atoms with Crippen LogP contribution in [0.25, 0.3) is 0 Å². The van der Waals surface area contributed by atoms with Crippen LogP contribution in [0.4, 0.5) is 22.0 Å². The van der Waals surface area contributed by atoms with Crippen molar-refractivity contribution in [2.75, 3.05) is 27.4 Å². The normalized spacial score (nSPS) is 12.6. The highest BCUT2D eigenvalue weighted by Gasteiger charge is 2.56. The highest BCUT2D eigenvalue weighted by molar-refractivity contribution is 14.1. The van der Waals surface area contributed by atoms with Crippen molar-refractivity contribution in [1.29, 1.82) is 0 Å². The molecule has 0 aliphatic rings. The maximum absolute atomic E-state index is 12.7. The van der Waals surface area contributed by atoms with Crippen molar-refractivity contribution in [3.05, 3.63) is 0 Å². The van der Waals surface area contributed by atoms with Crippen LogP contribution in [0.3, 0.4) is 0 Å². The highest BCUT2D eigenvalue weighted by Crippen LogP contribution is 2.39. The van der Waals surface area contributed by atoms with Gasteiger partial charge in [0, 0.05) is 6.42 Å². The number of halogens is 6. The quantitative estimate of drug-likeness (QED) is 0.0493. The van der Waals surface area contributed by atoms with Crippen LogP contribution in [0.5, 0.6) is 0 Å². The third-order valence-corrected chi connectivity index (χ3v) is 8.27. The predicted molar refractivity (Wildman–Crippen MR) is 138 cm³/mol. The molecule has 0 bridgehead atoms. The Morgan fingerprint density at radius 3 is 1.13 bits per heavy atom. The van der Waals surface area contributed by atoms with Crippen molar-refractivity contribution in [3.63, 3.8) is 0 Å². The number of hydrogen-bond acceptors (Lipinski definition) is 2. The Morgan fingerprint density at radius 2 is 0.774 bits per heavy atom. The molecule has 0 unspecified atom stereocenters. The molecule has 0 aromatic heterocycles. The van der Waals surface area contributed by atoms with Gasteiger partial charge in [-0.1, -0.05) is 86.8 Å². The lowest BCUT2D eigenvalue weighted by Crippen LogP contribution is -2.36. The number of alkyl halides is 6. The second-order valence-electron chi connectivity index (χ2n) is 8.17. The molecular formula is C23H42F5IS2. The molecule has 8 heteroatoms. The minimum atomic E-state index is -5.41. The number of thioether (sulfide) groups is 2. The Morgan fingerprint density at radius 1 is 0.452 bits per heavy atom. The number of rotatable bonds is 23. The number of unbranched alkanes of at least 4 members (excludes halogenated alkanes) is 12. The average Bonchev–Trinajstić information content (AvgIpc) is 2.71. The SMILES string of the molecule is FC(F)(F)C(F)(F)CCCSCCCCCCCCCSCCCCCCCCCI. The molecule has 0 fully saturated rings. The first-order valence-corrected chi connectivity index (χ1v) is 15.8. The molecule has 0 saturated heterocycles. The van der Waals surface area contributed by atoms with E-state index in [-0.39, 0.29) is 6.42 Å². The first-order chi connectivity index (χ1) is 14.8. The standard InChI is InChI=1S/C23H42F5IS2/c24-22(25,23(26,27)28)16-15-21-31-20-14-10-6-2-5-9-13-19-30-18-12-8-4-1-3-7-11-17-29/h1-21H2. The zero-order valence-corrected chi connectivity index (χ0v) is 22.7. The van der Waals surface area contributed by atoms with E-state index in [0.29, 0.717) is 5.75 Å². The maximum atomic E-state index is 12.7. The molecule has 0 aromatic carbocycles. The van der Waals surface area contributed by atoms with Gasteiger partial charge in [-0.15, -0.1) is 0 Å². The first kappa shape index (κ1) is 32.1. The van der Waals surface area contributed by atoms with Crippen LogP contribution in [0, 0.1) is 0 Å². The van der Waals surface area contributed by atoms with Crippen molar-refractivity contribution in [2.45, 2.75) is 115 Å². The van der Waals surface area contributed by atoms with Crippen LogP contribution in [-0.2, 0) is 0 Å². The molecule has 0 heterocycles. The fourth-order valence-corrected chi connectivity index (χ4v) is 5.74. The van der Waals surface area contributed by atoms with E-state index in [0.717, 1.165) is 18.6 Å². The van der Waals surface area contributed by atoms with E-state index in [9.17, 15) is 22.0 Å². The summed E-state index contributed by atoms with van der Waals surface area (Å²) in [6.45, 7) is 0. The fraction of sp³-hybridized carbons (Fsp3) is 1.00. The summed E-state index contributed by atoms with van der Waals surface area (Å²) in [6, 6.07) is 0. The lowest BCUT2D eigenvalue weighted by atomic mass is 10.1. The van der Waals surface area contributed by atoms with Gasteiger partial charge in [0.1, 0.15) is 0 Å². The molecule has 0 saturated carbocycles. The Kier molecular flexibility index (Phi) is 22.4. The average molecular weight is 605 g/mol. The molecule has 0 rings (SSSR count). The van der Waals surface area contributed by atoms with Gasteiger partial charge in [0.05, 0.1) is 0 Å². The lowest BCUT2D eigenvalue weighted by molar-refractivity contribution is -0.284. The lowest BCUT2D eigenvalue weighted by Gasteiger charge is -2.19. The minimum absolute atomic E-state index is 0.0893. The van der Waals surface area contributed by atoms with Crippen LogP contribution < -0.4 is 0 Å². The summed E-state index contributed by atoms with van der Waals surface area (Å²) in [6.07, 6.45) is 11.6. The zero-order valence-electron chi connectivity index (χ0n) is 18.9. The molecule has 0 aliphatic heterocycles. The largest absolute Gasteiger partial charge is 0.453 e. The highest BCUT2D eigenvalue weighted by atomic mass is 127. The molecule has 0 amide bonds. The molecular weight excluding hydrogens is 562 g/mol. The Bertz CT molecular complexity index is 381. The van der Waals surface area contributed by atoms with E-state index in [1.54, 1.807) is 0 Å². The van der Waals surface area contributed by atoms with Crippen LogP contribution in [0.15, 0.2) is 0 Å². The summed E-state index contributed by atoms with van der Waals surface area (Å²) >= 11 is 6.04. The smallest absolute Gasteiger partial charge is 0.196 e. The zero-order chi connectivity index (χ0) is 23.3. The summed E-state index contributed by atoms with van der Waals surface area (Å²) in [5, 5.41) is 0. The summed E-state index contributed by atoms with van der Waals surface area (Å²) in [4.78, 5) is 0. The van der Waals surface area contributed by atoms with Gasteiger partial charge in [0.2, 0.25) is 0 Å². The second kappa shape index (κ2) is 21.6. The monoisotopic (exact) mass is 604 g/mol. The predicted octanol–water partition coefficient (Wildman–Crippen LogP) is 10.3. The van der Waals surface area contributed by atoms with Gasteiger partial charge in [0.15, 0.2) is 0 Å². The molecule has 31 heavy (non-hydrogen) atoms. The summed E-state index contributed by atoms with van der Waals surface area (Å²) in [7, 11) is 0. The molecule has 0 atom stereocenters. The minimum Gasteiger partial charge on any atom is -0.196 e. The van der Waals surface area contributed by atoms with Gasteiger partial charge < -0.3 is 0 Å². The third kappa shape index (κ3) is 21.4. The van der Waals surface area contributed by atoms with Crippen LogP contribution in [0.2, 0.25) is 0 Å². The number of hydrogen-bond donors (Lipinski definition) is 0. The molecule has 0 aliphatic carbocycles. The Hall–Kier alpha value is 1.08. The van der Waals surface area contributed by atoms with Crippen LogP contribution in [-0.4, -0.2) is 39.5 Å². The molecule has 0 nitrogen and oxygen atoms in total. The van der Waals surface area contributed by atoms with Crippen LogP contribution >= 0.6 is 46.1 Å². The van der Waals surface area contributed by atoms with Crippen molar-refractivity contribution in [3.8, 4) is 0 Å². The van der Waals surface area contributed by atoms with Gasteiger partial charge in [-0.25, -0.2) is 0 Å². The van der Waals surface area contributed by atoms with Gasteiger partial charge >= 0.3 is 12.1 Å². The Balaban J connectivity index is 3.16. The molecule has 0 aromatic rings. The van der Waals surface area contributed by atoms with E-state index in [1.807, 2.05) is 0 Å². The second-order valence-corrected chi connectivity index (χ2v) is 11.7. The van der Waals surface area contributed by atoms with Gasteiger partial charge in [-0.3, -0.25) is 0 Å². The van der Waals surface area contributed by atoms with Crippen LogP contribution in [0.1, 0.15) is 103 Å². The third-order valence-electron chi connectivity index (χ3n) is 5.19. The summed E-state index contributed by atoms with van der Waals surface area (Å²) in [5.74, 6) is -0.729. The Labute approximate surface area is 209 Å². The van der Waals surface area contributed by atoms with E-state index in [2.05, 4.69) is 34.4 Å². The van der Waals surface area contributed by atoms with Crippen molar-refractivity contribution in [1.82, 2.24) is 0 Å².